The van der Waals surface area contributed by atoms with Crippen LogP contribution in [0.3, 0.4) is 0 Å². The fourth-order valence-corrected chi connectivity index (χ4v) is 1.50. The molecule has 0 saturated carbocycles. The molecule has 0 spiro atoms. The molecule has 0 amide bonds. The maximum Gasteiger partial charge on any atom is 0.358 e. The minimum Gasteiger partial charge on any atom is -0.461 e. The first kappa shape index (κ1) is 11.9. The summed E-state index contributed by atoms with van der Waals surface area (Å²) in [6, 6.07) is 3.31. The number of carbonyl (C=O) groups is 1. The van der Waals surface area contributed by atoms with Gasteiger partial charge in [-0.25, -0.2) is 9.78 Å². The van der Waals surface area contributed by atoms with E-state index in [1.165, 1.54) is 6.20 Å². The lowest BCUT2D eigenvalue weighted by Crippen LogP contribution is -2.13. The molecule has 2 rings (SSSR count). The third-order valence-corrected chi connectivity index (χ3v) is 2.34. The highest BCUT2D eigenvalue weighted by Crippen LogP contribution is 2.09. The second-order valence-corrected chi connectivity index (χ2v) is 3.52. The van der Waals surface area contributed by atoms with Crippen LogP contribution in [-0.2, 0) is 4.74 Å². The summed E-state index contributed by atoms with van der Waals surface area (Å²) in [6.45, 7) is 2.02. The van der Waals surface area contributed by atoms with Gasteiger partial charge >= 0.3 is 5.97 Å². The van der Waals surface area contributed by atoms with Crippen LogP contribution in [0.2, 0.25) is 0 Å². The van der Waals surface area contributed by atoms with Crippen LogP contribution in [0.15, 0.2) is 29.7 Å². The summed E-state index contributed by atoms with van der Waals surface area (Å²) < 4.78 is 6.46. The number of carbonyl (C=O) groups excluding carboxylic acids is 1. The summed E-state index contributed by atoms with van der Waals surface area (Å²) in [5.41, 5.74) is 6.79. The van der Waals surface area contributed by atoms with Crippen LogP contribution in [0.5, 0.6) is 0 Å². The molecule has 0 aliphatic heterocycles. The number of pyridine rings is 1. The molecule has 7 nitrogen and oxygen atoms in total. The number of nitrogens with zero attached hydrogens (tertiary/aromatic N) is 3. The average molecular weight is 248 g/mol. The molecular formula is C11H12N4O3. The van der Waals surface area contributed by atoms with Crippen molar-refractivity contribution >= 4 is 17.5 Å². The summed E-state index contributed by atoms with van der Waals surface area (Å²) in [5.74, 6) is -0.491. The Hall–Kier alpha value is -2.57. The van der Waals surface area contributed by atoms with Crippen LogP contribution < -0.4 is 5.73 Å². The molecular weight excluding hydrogens is 236 g/mol. The molecule has 18 heavy (non-hydrogen) atoms. The normalized spacial score (nSPS) is 11.7. The highest BCUT2D eigenvalue weighted by atomic mass is 16.5. The Morgan fingerprint density at radius 1 is 1.56 bits per heavy atom. The lowest BCUT2D eigenvalue weighted by Gasteiger charge is -1.98. The summed E-state index contributed by atoms with van der Waals surface area (Å²) in [4.78, 5) is 15.6. The van der Waals surface area contributed by atoms with E-state index in [0.717, 1.165) is 0 Å². The van der Waals surface area contributed by atoms with E-state index in [1.807, 2.05) is 0 Å². The van der Waals surface area contributed by atoms with Crippen molar-refractivity contribution in [3.05, 3.63) is 35.8 Å². The van der Waals surface area contributed by atoms with Gasteiger partial charge in [0.1, 0.15) is 5.65 Å². The molecule has 94 valence electrons. The number of fused-ring (bicyclic) bond motifs is 1. The molecule has 0 aromatic carbocycles. The van der Waals surface area contributed by atoms with Crippen molar-refractivity contribution in [3.63, 3.8) is 0 Å². The average Bonchev–Trinajstić information content (AvgIpc) is 2.80. The monoisotopic (exact) mass is 248 g/mol. The zero-order valence-corrected chi connectivity index (χ0v) is 9.70. The zero-order chi connectivity index (χ0) is 13.1. The van der Waals surface area contributed by atoms with Gasteiger partial charge in [-0.3, -0.25) is 0 Å². The predicted octanol–water partition coefficient (Wildman–Crippen LogP) is 0.606. The van der Waals surface area contributed by atoms with Gasteiger partial charge in [0, 0.05) is 18.0 Å². The van der Waals surface area contributed by atoms with E-state index in [4.69, 9.17) is 15.7 Å². The maximum absolute atomic E-state index is 11.5. The molecule has 0 unspecified atom stereocenters. The fourth-order valence-electron chi connectivity index (χ4n) is 1.50. The molecule has 0 bridgehead atoms. The minimum absolute atomic E-state index is 0.0108. The third-order valence-electron chi connectivity index (χ3n) is 2.34. The zero-order valence-electron chi connectivity index (χ0n) is 9.70. The molecule has 0 aliphatic carbocycles. The van der Waals surface area contributed by atoms with Crippen LogP contribution in [-0.4, -0.2) is 33.0 Å². The number of aromatic nitrogens is 2. The minimum atomic E-state index is -0.480. The lowest BCUT2D eigenvalue weighted by molar-refractivity contribution is 0.0520. The molecule has 0 saturated heterocycles. The van der Waals surface area contributed by atoms with Gasteiger partial charge in [0.15, 0.2) is 11.5 Å². The van der Waals surface area contributed by atoms with Crippen LogP contribution >= 0.6 is 0 Å². The summed E-state index contributed by atoms with van der Waals surface area (Å²) in [5, 5.41) is 11.5. The van der Waals surface area contributed by atoms with Gasteiger partial charge in [-0.1, -0.05) is 5.16 Å². The Balaban J connectivity index is 2.43. The van der Waals surface area contributed by atoms with Gasteiger partial charge in [-0.05, 0) is 19.1 Å². The van der Waals surface area contributed by atoms with E-state index < -0.39 is 5.97 Å². The van der Waals surface area contributed by atoms with Crippen molar-refractivity contribution in [2.75, 3.05) is 6.61 Å². The number of ether oxygens (including phenoxy) is 1. The number of esters is 1. The first-order valence-electron chi connectivity index (χ1n) is 5.29. The fraction of sp³-hybridized carbons (Fsp3) is 0.182. The number of hydrogen-bond donors (Lipinski definition) is 2. The van der Waals surface area contributed by atoms with Crippen molar-refractivity contribution < 1.29 is 14.7 Å². The van der Waals surface area contributed by atoms with Crippen LogP contribution in [0.25, 0.3) is 5.65 Å². The molecule has 0 radical (unpaired) electrons. The van der Waals surface area contributed by atoms with E-state index in [0.29, 0.717) is 17.8 Å². The van der Waals surface area contributed by atoms with Crippen molar-refractivity contribution in [2.24, 2.45) is 10.9 Å². The lowest BCUT2D eigenvalue weighted by atomic mass is 10.2. The van der Waals surface area contributed by atoms with Crippen molar-refractivity contribution in [3.8, 4) is 0 Å². The largest absolute Gasteiger partial charge is 0.461 e. The molecule has 2 aromatic rings. The van der Waals surface area contributed by atoms with Crippen molar-refractivity contribution in [2.45, 2.75) is 6.92 Å². The van der Waals surface area contributed by atoms with Gasteiger partial charge in [0.05, 0.1) is 6.61 Å². The van der Waals surface area contributed by atoms with Crippen LogP contribution in [0.4, 0.5) is 0 Å². The second kappa shape index (κ2) is 4.74. The van der Waals surface area contributed by atoms with E-state index in [1.54, 1.807) is 29.7 Å². The van der Waals surface area contributed by atoms with Crippen molar-refractivity contribution in [1.82, 2.24) is 9.38 Å². The Morgan fingerprint density at radius 2 is 2.33 bits per heavy atom. The van der Waals surface area contributed by atoms with Gasteiger partial charge in [0.25, 0.3) is 0 Å². The van der Waals surface area contributed by atoms with Crippen LogP contribution in [0, 0.1) is 0 Å². The Kier molecular flexibility index (Phi) is 3.13. The third kappa shape index (κ3) is 2.10. The number of imidazole rings is 1. The highest BCUT2D eigenvalue weighted by molar-refractivity contribution is 5.97. The number of nitrogens with two attached hydrogens (primary N) is 1. The van der Waals surface area contributed by atoms with Crippen LogP contribution in [0.1, 0.15) is 23.0 Å². The molecule has 0 aliphatic rings. The van der Waals surface area contributed by atoms with E-state index >= 15 is 0 Å². The first-order valence-corrected chi connectivity index (χ1v) is 5.29. The molecule has 3 N–H and O–H groups in total. The van der Waals surface area contributed by atoms with Gasteiger partial charge in [0.2, 0.25) is 0 Å². The number of hydrogen-bond acceptors (Lipinski definition) is 5. The molecule has 2 heterocycles. The quantitative estimate of drug-likeness (QED) is 0.272. The van der Waals surface area contributed by atoms with Gasteiger partial charge in [-0.2, -0.15) is 0 Å². The molecule has 7 heteroatoms. The second-order valence-electron chi connectivity index (χ2n) is 3.52. The Labute approximate surface area is 102 Å². The predicted molar refractivity (Wildman–Crippen MR) is 63.7 cm³/mol. The van der Waals surface area contributed by atoms with E-state index in [2.05, 4.69) is 10.1 Å². The van der Waals surface area contributed by atoms with Crippen molar-refractivity contribution in [1.29, 1.82) is 0 Å². The molecule has 2 aromatic heterocycles. The van der Waals surface area contributed by atoms with Gasteiger partial charge < -0.3 is 20.1 Å². The molecule has 0 atom stereocenters. The maximum atomic E-state index is 11.5. The molecule has 0 fully saturated rings. The summed E-state index contributed by atoms with van der Waals surface area (Å²) in [6.07, 6.45) is 3.14. The topological polar surface area (TPSA) is 102 Å². The first-order chi connectivity index (χ1) is 8.65. The standard InChI is InChI=1S/C11H12N4O3/c1-2-18-11(16)8-6-15-5-7(10(12)14-17)3-4-9(15)13-8/h3-6,17H,2H2,1H3,(H2,12,14). The summed E-state index contributed by atoms with van der Waals surface area (Å²) in [7, 11) is 0. The highest BCUT2D eigenvalue weighted by Gasteiger charge is 2.12. The number of rotatable bonds is 3. The summed E-state index contributed by atoms with van der Waals surface area (Å²) >= 11 is 0. The van der Waals surface area contributed by atoms with E-state index in [9.17, 15) is 4.79 Å². The number of oxime groups is 1. The Bertz CT molecular complexity index is 618. The number of amidine groups is 1. The van der Waals surface area contributed by atoms with E-state index in [-0.39, 0.29) is 11.5 Å². The SMILES string of the molecule is CCOC(=O)c1cn2cc(/C(N)=N\O)ccc2n1. The van der Waals surface area contributed by atoms with Gasteiger partial charge in [-0.15, -0.1) is 0 Å². The smallest absolute Gasteiger partial charge is 0.358 e. The Morgan fingerprint density at radius 3 is 3.00 bits per heavy atom.